The first-order valence-corrected chi connectivity index (χ1v) is 6.49. The fraction of sp³-hybridized carbons (Fsp3) is 0.188. The summed E-state index contributed by atoms with van der Waals surface area (Å²) in [7, 11) is 0. The van der Waals surface area contributed by atoms with E-state index >= 15 is 0 Å². The smallest absolute Gasteiger partial charge is 0.241 e. The second-order valence-electron chi connectivity index (χ2n) is 4.56. The summed E-state index contributed by atoms with van der Waals surface area (Å²) in [6.07, 6.45) is 0.574. The summed E-state index contributed by atoms with van der Waals surface area (Å²) in [5, 5.41) is 2.76. The molecule has 20 heavy (non-hydrogen) atoms. The van der Waals surface area contributed by atoms with Crippen LogP contribution in [0.2, 0.25) is 0 Å². The Balaban J connectivity index is 1.83. The minimum absolute atomic E-state index is 0.229. The number of benzene rings is 2. The second kappa shape index (κ2) is 6.82. The normalized spacial score (nSPS) is 11.9. The number of hydrogen-bond donors (Lipinski definition) is 2. The van der Waals surface area contributed by atoms with Gasteiger partial charge in [-0.1, -0.05) is 42.5 Å². The highest BCUT2D eigenvalue weighted by atomic mass is 19.1. The maximum Gasteiger partial charge on any atom is 0.241 e. The SMILES string of the molecule is N[C@@H](C(=O)NCCc1cccc(F)c1)c1ccccc1. The van der Waals surface area contributed by atoms with Gasteiger partial charge in [0.05, 0.1) is 0 Å². The molecule has 0 aliphatic heterocycles. The number of amides is 1. The van der Waals surface area contributed by atoms with Gasteiger partial charge in [-0.2, -0.15) is 0 Å². The van der Waals surface area contributed by atoms with Crippen LogP contribution in [0.5, 0.6) is 0 Å². The zero-order valence-electron chi connectivity index (χ0n) is 11.1. The number of nitrogens with two attached hydrogens (primary N) is 1. The molecule has 0 saturated carbocycles. The third kappa shape index (κ3) is 3.90. The standard InChI is InChI=1S/C16H17FN2O/c17-14-8-4-5-12(11-14)9-10-19-16(20)15(18)13-6-2-1-3-7-13/h1-8,11,15H,9-10,18H2,(H,19,20)/t15-/m1/s1. The van der Waals surface area contributed by atoms with Gasteiger partial charge in [0.15, 0.2) is 0 Å². The Hall–Kier alpha value is -2.20. The van der Waals surface area contributed by atoms with Crippen molar-refractivity contribution >= 4 is 5.91 Å². The molecule has 2 aromatic carbocycles. The molecule has 3 nitrogen and oxygen atoms in total. The average molecular weight is 272 g/mol. The van der Waals surface area contributed by atoms with Gasteiger partial charge in [0.2, 0.25) is 5.91 Å². The quantitative estimate of drug-likeness (QED) is 0.876. The number of hydrogen-bond acceptors (Lipinski definition) is 2. The topological polar surface area (TPSA) is 55.1 Å². The Kier molecular flexibility index (Phi) is 4.85. The van der Waals surface area contributed by atoms with E-state index in [1.54, 1.807) is 6.07 Å². The van der Waals surface area contributed by atoms with Crippen molar-refractivity contribution in [2.24, 2.45) is 5.73 Å². The van der Waals surface area contributed by atoms with E-state index in [1.807, 2.05) is 36.4 Å². The molecular weight excluding hydrogens is 255 g/mol. The van der Waals surface area contributed by atoms with Crippen LogP contribution in [0.4, 0.5) is 4.39 Å². The molecule has 2 rings (SSSR count). The monoisotopic (exact) mass is 272 g/mol. The number of nitrogens with one attached hydrogen (secondary N) is 1. The van der Waals surface area contributed by atoms with Crippen molar-refractivity contribution in [3.63, 3.8) is 0 Å². The number of carbonyl (C=O) groups excluding carboxylic acids is 1. The van der Waals surface area contributed by atoms with E-state index in [4.69, 9.17) is 5.73 Å². The third-order valence-corrected chi connectivity index (χ3v) is 3.04. The van der Waals surface area contributed by atoms with Gasteiger partial charge in [0, 0.05) is 6.54 Å². The van der Waals surface area contributed by atoms with Gasteiger partial charge in [-0.25, -0.2) is 4.39 Å². The van der Waals surface area contributed by atoms with E-state index < -0.39 is 6.04 Å². The predicted molar refractivity (Wildman–Crippen MR) is 76.5 cm³/mol. The Morgan fingerprint density at radius 1 is 1.15 bits per heavy atom. The highest BCUT2D eigenvalue weighted by Crippen LogP contribution is 2.09. The van der Waals surface area contributed by atoms with Gasteiger partial charge in [-0.05, 0) is 29.7 Å². The Morgan fingerprint density at radius 2 is 1.90 bits per heavy atom. The summed E-state index contributed by atoms with van der Waals surface area (Å²) in [6.45, 7) is 0.433. The van der Waals surface area contributed by atoms with Crippen molar-refractivity contribution < 1.29 is 9.18 Å². The van der Waals surface area contributed by atoms with E-state index in [-0.39, 0.29) is 11.7 Å². The van der Waals surface area contributed by atoms with Crippen molar-refractivity contribution in [2.45, 2.75) is 12.5 Å². The molecule has 0 spiro atoms. The molecule has 0 aliphatic rings. The Labute approximate surface area is 117 Å². The van der Waals surface area contributed by atoms with Crippen LogP contribution in [0.1, 0.15) is 17.2 Å². The Bertz CT molecular complexity index is 572. The summed E-state index contributed by atoms with van der Waals surface area (Å²) in [5.74, 6) is -0.498. The molecule has 0 radical (unpaired) electrons. The molecule has 104 valence electrons. The lowest BCUT2D eigenvalue weighted by molar-refractivity contribution is -0.122. The maximum atomic E-state index is 13.0. The highest BCUT2D eigenvalue weighted by Gasteiger charge is 2.14. The first-order chi connectivity index (χ1) is 9.66. The first kappa shape index (κ1) is 14.2. The van der Waals surface area contributed by atoms with Crippen molar-refractivity contribution in [1.29, 1.82) is 0 Å². The number of carbonyl (C=O) groups is 1. The van der Waals surface area contributed by atoms with Crippen LogP contribution in [0, 0.1) is 5.82 Å². The van der Waals surface area contributed by atoms with E-state index in [2.05, 4.69) is 5.32 Å². The molecule has 1 amide bonds. The largest absolute Gasteiger partial charge is 0.354 e. The lowest BCUT2D eigenvalue weighted by Crippen LogP contribution is -2.35. The molecule has 0 aliphatic carbocycles. The van der Waals surface area contributed by atoms with Crippen molar-refractivity contribution in [1.82, 2.24) is 5.32 Å². The lowest BCUT2D eigenvalue weighted by Gasteiger charge is -2.12. The molecule has 3 N–H and O–H groups in total. The third-order valence-electron chi connectivity index (χ3n) is 3.04. The summed E-state index contributed by atoms with van der Waals surface area (Å²) in [5.41, 5.74) is 7.49. The molecule has 4 heteroatoms. The number of halogens is 1. The van der Waals surface area contributed by atoms with Crippen LogP contribution in [0.3, 0.4) is 0 Å². The van der Waals surface area contributed by atoms with Gasteiger partial charge >= 0.3 is 0 Å². The van der Waals surface area contributed by atoms with Crippen LogP contribution in [-0.4, -0.2) is 12.5 Å². The fourth-order valence-electron chi connectivity index (χ4n) is 1.94. The van der Waals surface area contributed by atoms with Crippen LogP contribution in [0.25, 0.3) is 0 Å². The summed E-state index contributed by atoms with van der Waals surface area (Å²) in [6, 6.07) is 14.9. The average Bonchev–Trinajstić information content (AvgIpc) is 2.47. The van der Waals surface area contributed by atoms with Crippen LogP contribution >= 0.6 is 0 Å². The molecular formula is C16H17FN2O. The van der Waals surface area contributed by atoms with Crippen LogP contribution in [-0.2, 0) is 11.2 Å². The summed E-state index contributed by atoms with van der Waals surface area (Å²) < 4.78 is 13.0. The van der Waals surface area contributed by atoms with Gasteiger partial charge in [0.1, 0.15) is 11.9 Å². The Morgan fingerprint density at radius 3 is 2.60 bits per heavy atom. The zero-order chi connectivity index (χ0) is 14.4. The van der Waals surface area contributed by atoms with E-state index in [0.29, 0.717) is 13.0 Å². The first-order valence-electron chi connectivity index (χ1n) is 6.49. The molecule has 0 aromatic heterocycles. The molecule has 0 unspecified atom stereocenters. The van der Waals surface area contributed by atoms with E-state index in [1.165, 1.54) is 12.1 Å². The van der Waals surface area contributed by atoms with Crippen LogP contribution < -0.4 is 11.1 Å². The second-order valence-corrected chi connectivity index (χ2v) is 4.56. The molecule has 0 heterocycles. The van der Waals surface area contributed by atoms with Gasteiger partial charge in [-0.3, -0.25) is 4.79 Å². The van der Waals surface area contributed by atoms with Gasteiger partial charge < -0.3 is 11.1 Å². The minimum atomic E-state index is -0.677. The molecule has 0 fully saturated rings. The van der Waals surface area contributed by atoms with E-state index in [0.717, 1.165) is 11.1 Å². The van der Waals surface area contributed by atoms with E-state index in [9.17, 15) is 9.18 Å². The summed E-state index contributed by atoms with van der Waals surface area (Å²) in [4.78, 5) is 11.9. The highest BCUT2D eigenvalue weighted by molar-refractivity contribution is 5.82. The van der Waals surface area contributed by atoms with Crippen molar-refractivity contribution in [3.8, 4) is 0 Å². The molecule has 1 atom stereocenters. The van der Waals surface area contributed by atoms with Gasteiger partial charge in [0.25, 0.3) is 0 Å². The van der Waals surface area contributed by atoms with Gasteiger partial charge in [-0.15, -0.1) is 0 Å². The minimum Gasteiger partial charge on any atom is -0.354 e. The zero-order valence-corrected chi connectivity index (χ0v) is 11.1. The fourth-order valence-corrected chi connectivity index (χ4v) is 1.94. The molecule has 2 aromatic rings. The maximum absolute atomic E-state index is 13.0. The van der Waals surface area contributed by atoms with Crippen molar-refractivity contribution in [2.75, 3.05) is 6.54 Å². The molecule has 0 saturated heterocycles. The predicted octanol–water partition coefficient (Wildman–Crippen LogP) is 2.18. The summed E-state index contributed by atoms with van der Waals surface area (Å²) >= 11 is 0. The van der Waals surface area contributed by atoms with Crippen molar-refractivity contribution in [3.05, 3.63) is 71.5 Å². The molecule has 0 bridgehead atoms. The number of rotatable bonds is 5. The van der Waals surface area contributed by atoms with Crippen LogP contribution in [0.15, 0.2) is 54.6 Å². The lowest BCUT2D eigenvalue weighted by atomic mass is 10.1.